The molecule has 0 saturated heterocycles. The van der Waals surface area contributed by atoms with Crippen molar-refractivity contribution in [2.45, 2.75) is 0 Å². The van der Waals surface area contributed by atoms with Gasteiger partial charge < -0.3 is 25.6 Å². The quantitative estimate of drug-likeness (QED) is 0.256. The van der Waals surface area contributed by atoms with Crippen LogP contribution >= 0.6 is 0 Å². The van der Waals surface area contributed by atoms with Gasteiger partial charge in [-0.15, -0.1) is 0 Å². The number of carbonyl (C=O) groups excluding carboxylic acids is 1. The fraction of sp³-hybridized carbons (Fsp3) is 0.174. The van der Waals surface area contributed by atoms with Crippen LogP contribution in [0, 0.1) is 0 Å². The SMILES string of the molecule is O=Cc1ccc(-c2cccc3c2[nH]c2ccccc23)cc1O.OCCNCCO. The molecule has 5 N–H and O–H groups in total. The molecule has 0 aliphatic rings. The number of nitrogens with one attached hydrogen (secondary N) is 2. The number of aliphatic hydroxyl groups is 2. The molecule has 4 rings (SSSR count). The Balaban J connectivity index is 0.000000298. The second-order valence-corrected chi connectivity index (χ2v) is 6.49. The number of rotatable bonds is 6. The van der Waals surface area contributed by atoms with Crippen molar-refractivity contribution in [3.8, 4) is 16.9 Å². The van der Waals surface area contributed by atoms with E-state index in [0.717, 1.165) is 27.5 Å². The number of aromatic nitrogens is 1. The Morgan fingerprint density at radius 1 is 0.897 bits per heavy atom. The van der Waals surface area contributed by atoms with Crippen molar-refractivity contribution in [1.29, 1.82) is 0 Å². The lowest BCUT2D eigenvalue weighted by Gasteiger charge is -2.05. The van der Waals surface area contributed by atoms with Crippen molar-refractivity contribution in [2.24, 2.45) is 0 Å². The summed E-state index contributed by atoms with van der Waals surface area (Å²) in [5.41, 5.74) is 4.29. The van der Waals surface area contributed by atoms with Crippen molar-refractivity contribution in [1.82, 2.24) is 10.3 Å². The van der Waals surface area contributed by atoms with Crippen LogP contribution in [-0.2, 0) is 0 Å². The molecular weight excluding hydrogens is 368 g/mol. The van der Waals surface area contributed by atoms with Gasteiger partial charge in [0.2, 0.25) is 0 Å². The lowest BCUT2D eigenvalue weighted by atomic mass is 10.0. The number of benzene rings is 3. The van der Waals surface area contributed by atoms with Crippen molar-refractivity contribution < 1.29 is 20.1 Å². The fourth-order valence-electron chi connectivity index (χ4n) is 3.21. The lowest BCUT2D eigenvalue weighted by molar-refractivity contribution is 0.112. The summed E-state index contributed by atoms with van der Waals surface area (Å²) < 4.78 is 0. The van der Waals surface area contributed by atoms with E-state index in [1.165, 1.54) is 5.39 Å². The van der Waals surface area contributed by atoms with Crippen LogP contribution in [-0.4, -0.2) is 52.9 Å². The number of hydrogen-bond acceptors (Lipinski definition) is 5. The molecule has 4 aromatic rings. The molecular formula is C23H24N2O4. The third-order valence-corrected chi connectivity index (χ3v) is 4.59. The van der Waals surface area contributed by atoms with Gasteiger partial charge >= 0.3 is 0 Å². The smallest absolute Gasteiger partial charge is 0.153 e. The summed E-state index contributed by atoms with van der Waals surface area (Å²) >= 11 is 0. The molecule has 0 unspecified atom stereocenters. The molecule has 0 saturated carbocycles. The molecule has 150 valence electrons. The molecule has 0 aliphatic carbocycles. The number of aliphatic hydroxyl groups excluding tert-OH is 2. The van der Waals surface area contributed by atoms with E-state index in [4.69, 9.17) is 10.2 Å². The first-order valence-corrected chi connectivity index (χ1v) is 9.40. The molecule has 6 nitrogen and oxygen atoms in total. The molecule has 0 amide bonds. The molecule has 1 heterocycles. The fourth-order valence-corrected chi connectivity index (χ4v) is 3.21. The Kier molecular flexibility index (Phi) is 6.97. The first kappa shape index (κ1) is 20.5. The first-order valence-electron chi connectivity index (χ1n) is 9.40. The van der Waals surface area contributed by atoms with Crippen molar-refractivity contribution in [2.75, 3.05) is 26.3 Å². The Morgan fingerprint density at radius 2 is 1.62 bits per heavy atom. The molecule has 0 fully saturated rings. The molecule has 0 radical (unpaired) electrons. The van der Waals surface area contributed by atoms with Gasteiger partial charge in [-0.1, -0.05) is 42.5 Å². The van der Waals surface area contributed by atoms with Crippen molar-refractivity contribution >= 4 is 28.1 Å². The topological polar surface area (TPSA) is 106 Å². The Labute approximate surface area is 168 Å². The highest BCUT2D eigenvalue weighted by molar-refractivity contribution is 6.11. The summed E-state index contributed by atoms with van der Waals surface area (Å²) in [6.45, 7) is 1.42. The van der Waals surface area contributed by atoms with Gasteiger partial charge in [0, 0.05) is 34.9 Å². The number of fused-ring (bicyclic) bond motifs is 3. The molecule has 0 aliphatic heterocycles. The minimum Gasteiger partial charge on any atom is -0.507 e. The van der Waals surface area contributed by atoms with E-state index in [1.807, 2.05) is 36.4 Å². The van der Waals surface area contributed by atoms with Gasteiger partial charge in [-0.25, -0.2) is 0 Å². The van der Waals surface area contributed by atoms with Crippen LogP contribution in [0.3, 0.4) is 0 Å². The molecule has 29 heavy (non-hydrogen) atoms. The molecule has 0 bridgehead atoms. The number of aromatic hydroxyl groups is 1. The number of aromatic amines is 1. The summed E-state index contributed by atoms with van der Waals surface area (Å²) in [7, 11) is 0. The predicted molar refractivity (Wildman–Crippen MR) is 115 cm³/mol. The van der Waals surface area contributed by atoms with Gasteiger partial charge in [0.1, 0.15) is 5.75 Å². The molecule has 0 spiro atoms. The lowest BCUT2D eigenvalue weighted by Crippen LogP contribution is -2.21. The van der Waals surface area contributed by atoms with E-state index in [9.17, 15) is 9.90 Å². The number of H-pyrrole nitrogens is 1. The third-order valence-electron chi connectivity index (χ3n) is 4.59. The zero-order chi connectivity index (χ0) is 20.6. The maximum absolute atomic E-state index is 10.8. The van der Waals surface area contributed by atoms with E-state index in [-0.39, 0.29) is 19.0 Å². The highest BCUT2D eigenvalue weighted by Gasteiger charge is 2.10. The second-order valence-electron chi connectivity index (χ2n) is 6.49. The Morgan fingerprint density at radius 3 is 2.31 bits per heavy atom. The average molecular weight is 392 g/mol. The van der Waals surface area contributed by atoms with Crippen LogP contribution in [0.2, 0.25) is 0 Å². The van der Waals surface area contributed by atoms with Gasteiger partial charge in [0.15, 0.2) is 6.29 Å². The molecule has 6 heteroatoms. The molecule has 0 atom stereocenters. The van der Waals surface area contributed by atoms with Crippen LogP contribution in [0.15, 0.2) is 60.7 Å². The number of carbonyl (C=O) groups is 1. The highest BCUT2D eigenvalue weighted by atomic mass is 16.3. The maximum Gasteiger partial charge on any atom is 0.153 e. The predicted octanol–water partition coefficient (Wildman–Crippen LogP) is 3.07. The van der Waals surface area contributed by atoms with Crippen LogP contribution in [0.4, 0.5) is 0 Å². The van der Waals surface area contributed by atoms with Crippen LogP contribution in [0.5, 0.6) is 5.75 Å². The Bertz CT molecular complexity index is 1100. The summed E-state index contributed by atoms with van der Waals surface area (Å²) in [4.78, 5) is 14.3. The van der Waals surface area contributed by atoms with E-state index in [2.05, 4.69) is 22.4 Å². The molecule has 3 aromatic carbocycles. The standard InChI is InChI=1S/C19H13NO2.C4H11NO2/c21-11-13-9-8-12(10-18(13)22)14-5-3-6-16-15-4-1-2-7-17(15)20-19(14)16;6-3-1-5-2-4-7/h1-11,20,22H;5-7H,1-4H2. The largest absolute Gasteiger partial charge is 0.507 e. The van der Waals surface area contributed by atoms with E-state index in [1.54, 1.807) is 12.1 Å². The van der Waals surface area contributed by atoms with Crippen LogP contribution in [0.1, 0.15) is 10.4 Å². The second kappa shape index (κ2) is 9.84. The minimum atomic E-state index is 0.000569. The number of hydrogen-bond donors (Lipinski definition) is 5. The van der Waals surface area contributed by atoms with Crippen LogP contribution < -0.4 is 5.32 Å². The summed E-state index contributed by atoms with van der Waals surface area (Å²) in [5.74, 6) is 0.000569. The average Bonchev–Trinajstić information content (AvgIpc) is 3.13. The number of aldehydes is 1. The monoisotopic (exact) mass is 392 g/mol. The van der Waals surface area contributed by atoms with Gasteiger partial charge in [-0.05, 0) is 23.8 Å². The van der Waals surface area contributed by atoms with Crippen molar-refractivity contribution in [3.05, 3.63) is 66.2 Å². The zero-order valence-electron chi connectivity index (χ0n) is 15.9. The third kappa shape index (κ3) is 4.63. The van der Waals surface area contributed by atoms with Crippen LogP contribution in [0.25, 0.3) is 32.9 Å². The van der Waals surface area contributed by atoms with E-state index in [0.29, 0.717) is 24.9 Å². The number of phenols is 1. The minimum absolute atomic E-state index is 0.000569. The normalized spacial score (nSPS) is 10.7. The Hall–Kier alpha value is -3.19. The number of phenolic OH excluding ortho intramolecular Hbond substituents is 1. The molecule has 1 aromatic heterocycles. The van der Waals surface area contributed by atoms with Gasteiger partial charge in [0.25, 0.3) is 0 Å². The number of para-hydroxylation sites is 2. The summed E-state index contributed by atoms with van der Waals surface area (Å²) in [5, 5.41) is 31.3. The first-order chi connectivity index (χ1) is 14.2. The van der Waals surface area contributed by atoms with Gasteiger partial charge in [-0.2, -0.15) is 0 Å². The van der Waals surface area contributed by atoms with Crippen molar-refractivity contribution in [3.63, 3.8) is 0 Å². The highest BCUT2D eigenvalue weighted by Crippen LogP contribution is 2.34. The van der Waals surface area contributed by atoms with Gasteiger partial charge in [0.05, 0.1) is 24.3 Å². The summed E-state index contributed by atoms with van der Waals surface area (Å²) in [6, 6.07) is 19.4. The maximum atomic E-state index is 10.8. The summed E-state index contributed by atoms with van der Waals surface area (Å²) in [6.07, 6.45) is 0.655. The van der Waals surface area contributed by atoms with E-state index < -0.39 is 0 Å². The van der Waals surface area contributed by atoms with E-state index >= 15 is 0 Å². The zero-order valence-corrected chi connectivity index (χ0v) is 15.9. The van der Waals surface area contributed by atoms with Gasteiger partial charge in [-0.3, -0.25) is 4.79 Å².